The lowest BCUT2D eigenvalue weighted by Gasteiger charge is -2.17. The third kappa shape index (κ3) is 3.27. The third-order valence-corrected chi connectivity index (χ3v) is 4.32. The van der Waals surface area contributed by atoms with Crippen molar-refractivity contribution in [3.63, 3.8) is 0 Å². The van der Waals surface area contributed by atoms with Crippen LogP contribution in [0.3, 0.4) is 0 Å². The molecule has 0 bridgehead atoms. The van der Waals surface area contributed by atoms with E-state index in [4.69, 9.17) is 5.73 Å². The van der Waals surface area contributed by atoms with Crippen LogP contribution in [0.25, 0.3) is 0 Å². The van der Waals surface area contributed by atoms with E-state index < -0.39 is 0 Å². The molecule has 0 radical (unpaired) electrons. The van der Waals surface area contributed by atoms with Gasteiger partial charge >= 0.3 is 0 Å². The van der Waals surface area contributed by atoms with Crippen LogP contribution in [0.1, 0.15) is 49.9 Å². The molecule has 0 fully saturated rings. The minimum absolute atomic E-state index is 0.00995. The molecule has 4 nitrogen and oxygen atoms in total. The first-order valence-corrected chi connectivity index (χ1v) is 7.24. The van der Waals surface area contributed by atoms with Gasteiger partial charge in [0.1, 0.15) is 16.6 Å². The van der Waals surface area contributed by atoms with Gasteiger partial charge in [-0.25, -0.2) is 0 Å². The first-order chi connectivity index (χ1) is 8.79. The van der Waals surface area contributed by atoms with Crippen molar-refractivity contribution < 1.29 is 4.79 Å². The molecule has 0 saturated carbocycles. The highest BCUT2D eigenvalue weighted by Crippen LogP contribution is 2.37. The Balaban J connectivity index is 3.17. The van der Waals surface area contributed by atoms with Gasteiger partial charge in [-0.3, -0.25) is 4.79 Å². The molecular weight excluding hydrogens is 258 g/mol. The topological polar surface area (TPSA) is 78.9 Å². The summed E-state index contributed by atoms with van der Waals surface area (Å²) in [5.74, 6) is 0.297. The molecule has 0 aliphatic carbocycles. The van der Waals surface area contributed by atoms with Gasteiger partial charge in [0, 0.05) is 12.0 Å². The highest BCUT2D eigenvalue weighted by molar-refractivity contribution is 7.19. The minimum atomic E-state index is -0.122. The average Bonchev–Trinajstić information content (AvgIpc) is 2.64. The summed E-state index contributed by atoms with van der Waals surface area (Å²) in [5, 5.41) is 13.2. The van der Waals surface area contributed by atoms with Crippen molar-refractivity contribution in [3.05, 3.63) is 10.4 Å². The van der Waals surface area contributed by atoms with E-state index >= 15 is 0 Å². The monoisotopic (exact) mass is 279 g/mol. The summed E-state index contributed by atoms with van der Waals surface area (Å²) in [6.07, 6.45) is 0. The number of hydrogen-bond donors (Lipinski definition) is 2. The second-order valence-corrected chi connectivity index (χ2v) is 6.38. The Morgan fingerprint density at radius 3 is 2.32 bits per heavy atom. The molecule has 5 heteroatoms. The number of nitrogen functional groups attached to an aromatic ring is 1. The predicted molar refractivity (Wildman–Crippen MR) is 80.5 cm³/mol. The number of thiophene rings is 1. The molecule has 0 amide bonds. The van der Waals surface area contributed by atoms with E-state index in [2.05, 4.69) is 25.2 Å². The maximum Gasteiger partial charge on any atom is 0.177 e. The Hall–Kier alpha value is -1.54. The molecule has 1 aromatic heterocycles. The Morgan fingerprint density at radius 2 is 1.89 bits per heavy atom. The Kier molecular flexibility index (Phi) is 4.96. The lowest BCUT2D eigenvalue weighted by atomic mass is 10.1. The van der Waals surface area contributed by atoms with E-state index in [0.29, 0.717) is 27.0 Å². The van der Waals surface area contributed by atoms with Crippen LogP contribution in [0.2, 0.25) is 0 Å². The fraction of sp³-hybridized carbons (Fsp3) is 0.571. The predicted octanol–water partition coefficient (Wildman–Crippen LogP) is 3.50. The van der Waals surface area contributed by atoms with Crippen molar-refractivity contribution >= 4 is 27.8 Å². The number of nitrogens with two attached hydrogens (primary N) is 1. The number of rotatable bonds is 5. The number of nitriles is 1. The number of Topliss-reactive ketones (excluding diaryl/α,β-unsaturated/α-hetero) is 1. The lowest BCUT2D eigenvalue weighted by Crippen LogP contribution is -2.21. The Labute approximate surface area is 118 Å². The number of ketones is 1. The van der Waals surface area contributed by atoms with E-state index in [1.54, 1.807) is 0 Å². The number of anilines is 2. The van der Waals surface area contributed by atoms with Gasteiger partial charge in [0.25, 0.3) is 0 Å². The maximum absolute atomic E-state index is 12.1. The van der Waals surface area contributed by atoms with Crippen LogP contribution in [-0.4, -0.2) is 11.8 Å². The van der Waals surface area contributed by atoms with Gasteiger partial charge in [0.2, 0.25) is 0 Å². The molecule has 0 aliphatic heterocycles. The zero-order valence-electron chi connectivity index (χ0n) is 12.1. The van der Waals surface area contributed by atoms with Crippen molar-refractivity contribution in [1.29, 1.82) is 5.26 Å². The summed E-state index contributed by atoms with van der Waals surface area (Å²) in [5.41, 5.74) is 6.63. The van der Waals surface area contributed by atoms with Gasteiger partial charge in [-0.1, -0.05) is 27.7 Å². The largest absolute Gasteiger partial charge is 0.396 e. The van der Waals surface area contributed by atoms with Crippen LogP contribution >= 0.6 is 11.3 Å². The van der Waals surface area contributed by atoms with E-state index in [1.807, 2.05) is 20.8 Å². The number of carbonyl (C=O) groups excluding carboxylic acids is 1. The quantitative estimate of drug-likeness (QED) is 0.808. The van der Waals surface area contributed by atoms with Crippen molar-refractivity contribution in [1.82, 2.24) is 0 Å². The van der Waals surface area contributed by atoms with Crippen LogP contribution in [0.15, 0.2) is 0 Å². The highest BCUT2D eigenvalue weighted by atomic mass is 32.1. The highest BCUT2D eigenvalue weighted by Gasteiger charge is 2.23. The Bertz CT molecular complexity index is 511. The molecule has 0 aliphatic rings. The zero-order valence-corrected chi connectivity index (χ0v) is 12.9. The molecule has 19 heavy (non-hydrogen) atoms. The van der Waals surface area contributed by atoms with E-state index in [0.717, 1.165) is 0 Å². The summed E-state index contributed by atoms with van der Waals surface area (Å²) >= 11 is 1.28. The lowest BCUT2D eigenvalue weighted by molar-refractivity contribution is 0.0944. The zero-order chi connectivity index (χ0) is 14.7. The second-order valence-electron chi connectivity index (χ2n) is 5.36. The first-order valence-electron chi connectivity index (χ1n) is 6.42. The van der Waals surface area contributed by atoms with Crippen molar-refractivity contribution in [2.75, 3.05) is 11.1 Å². The van der Waals surface area contributed by atoms with Gasteiger partial charge < -0.3 is 11.1 Å². The summed E-state index contributed by atoms with van der Waals surface area (Å²) < 4.78 is 0. The fourth-order valence-corrected chi connectivity index (χ4v) is 2.73. The smallest absolute Gasteiger partial charge is 0.177 e. The number of hydrogen-bond acceptors (Lipinski definition) is 5. The molecule has 0 aromatic carbocycles. The van der Waals surface area contributed by atoms with E-state index in [9.17, 15) is 10.1 Å². The number of nitrogens with zero attached hydrogens (tertiary/aromatic N) is 1. The molecule has 1 atom stereocenters. The summed E-state index contributed by atoms with van der Waals surface area (Å²) in [6.45, 7) is 9.90. The van der Waals surface area contributed by atoms with Crippen molar-refractivity contribution in [2.24, 2.45) is 11.8 Å². The molecular formula is C14H21N3OS. The van der Waals surface area contributed by atoms with E-state index in [1.165, 1.54) is 11.3 Å². The SMILES string of the molecule is CC(C)C(=O)c1sc(NC(C)C(C)C)c(C#N)c1N. The molecule has 0 spiro atoms. The summed E-state index contributed by atoms with van der Waals surface area (Å²) in [6, 6.07) is 2.31. The molecule has 3 N–H and O–H groups in total. The molecule has 1 unspecified atom stereocenters. The molecule has 1 heterocycles. The van der Waals surface area contributed by atoms with Crippen LogP contribution in [0, 0.1) is 23.2 Å². The number of carbonyl (C=O) groups is 1. The van der Waals surface area contributed by atoms with Gasteiger partial charge in [0.05, 0.1) is 10.6 Å². The van der Waals surface area contributed by atoms with Crippen LogP contribution in [0.5, 0.6) is 0 Å². The van der Waals surface area contributed by atoms with E-state index in [-0.39, 0.29) is 17.7 Å². The normalized spacial score (nSPS) is 12.5. The standard InChI is InChI=1S/C14H21N3OS/c1-7(2)9(5)17-14-10(6-15)11(16)13(19-14)12(18)8(3)4/h7-9,17H,16H2,1-5H3. The first kappa shape index (κ1) is 15.5. The van der Waals surface area contributed by atoms with Gasteiger partial charge in [-0.2, -0.15) is 5.26 Å². The second kappa shape index (κ2) is 6.07. The van der Waals surface area contributed by atoms with Crippen LogP contribution < -0.4 is 11.1 Å². The fourth-order valence-electron chi connectivity index (χ4n) is 1.48. The molecule has 1 rings (SSSR count). The maximum atomic E-state index is 12.1. The van der Waals surface area contributed by atoms with Crippen LogP contribution in [0.4, 0.5) is 10.7 Å². The van der Waals surface area contributed by atoms with Crippen LogP contribution in [-0.2, 0) is 0 Å². The van der Waals surface area contributed by atoms with Gasteiger partial charge in [-0.15, -0.1) is 11.3 Å². The number of nitrogens with one attached hydrogen (secondary N) is 1. The summed E-state index contributed by atoms with van der Waals surface area (Å²) in [7, 11) is 0. The Morgan fingerprint density at radius 1 is 1.32 bits per heavy atom. The van der Waals surface area contributed by atoms with Crippen molar-refractivity contribution in [2.45, 2.75) is 40.7 Å². The molecule has 0 saturated heterocycles. The molecule has 1 aromatic rings. The average molecular weight is 279 g/mol. The minimum Gasteiger partial charge on any atom is -0.396 e. The third-order valence-electron chi connectivity index (χ3n) is 3.16. The van der Waals surface area contributed by atoms with Crippen molar-refractivity contribution in [3.8, 4) is 6.07 Å². The van der Waals surface area contributed by atoms with Gasteiger partial charge in [-0.05, 0) is 12.8 Å². The molecule has 104 valence electrons. The summed E-state index contributed by atoms with van der Waals surface area (Å²) in [4.78, 5) is 12.6. The van der Waals surface area contributed by atoms with Gasteiger partial charge in [0.15, 0.2) is 5.78 Å².